The second-order valence-corrected chi connectivity index (χ2v) is 20.3. The van der Waals surface area contributed by atoms with Crippen molar-refractivity contribution in [2.24, 2.45) is 11.8 Å². The van der Waals surface area contributed by atoms with E-state index in [2.05, 4.69) is 58.5 Å². The number of carbonyl (C=O) groups excluding carboxylic acids is 3. The molecule has 0 radical (unpaired) electrons. The molecule has 2 rings (SSSR count). The van der Waals surface area contributed by atoms with Crippen LogP contribution in [0, 0.1) is 11.8 Å². The third-order valence-electron chi connectivity index (χ3n) is 9.19. The number of benzene rings is 1. The average Bonchev–Trinajstić information content (AvgIpc) is 2.95. The van der Waals surface area contributed by atoms with Crippen LogP contribution in [0.5, 0.6) is 5.75 Å². The first-order chi connectivity index (χ1) is 22.2. The Hall–Kier alpha value is -2.67. The van der Waals surface area contributed by atoms with Crippen LogP contribution in [0.3, 0.4) is 0 Å². The van der Waals surface area contributed by atoms with Crippen LogP contribution in [0.1, 0.15) is 113 Å². The Labute approximate surface area is 289 Å². The fourth-order valence-corrected chi connectivity index (χ4v) is 5.89. The van der Waals surface area contributed by atoms with E-state index in [4.69, 9.17) is 28.2 Å². The average molecular weight is 695 g/mol. The highest BCUT2D eigenvalue weighted by Gasteiger charge is 2.43. The second-order valence-electron chi connectivity index (χ2n) is 15.5. The van der Waals surface area contributed by atoms with E-state index in [1.54, 1.807) is 20.8 Å². The number of hydrogen-bond donors (Lipinski definition) is 2. The highest BCUT2D eigenvalue weighted by Crippen LogP contribution is 2.39. The topological polar surface area (TPSA) is 131 Å². The third kappa shape index (κ3) is 14.1. The highest BCUT2D eigenvalue weighted by molar-refractivity contribution is 6.74. The normalized spacial score (nSPS) is 21.7. The van der Waals surface area contributed by atoms with Crippen molar-refractivity contribution in [2.75, 3.05) is 11.9 Å². The number of nitrogens with one attached hydrogen (secondary N) is 2. The molecule has 0 spiro atoms. The van der Waals surface area contributed by atoms with Gasteiger partial charge in [-0.3, -0.25) is 14.4 Å². The molecule has 1 aromatic rings. The van der Waals surface area contributed by atoms with E-state index >= 15 is 0 Å². The molecular formula is C36H62N2O9Si. The van der Waals surface area contributed by atoms with Gasteiger partial charge in [0.1, 0.15) is 11.4 Å². The van der Waals surface area contributed by atoms with Gasteiger partial charge in [-0.15, -0.1) is 0 Å². The van der Waals surface area contributed by atoms with Gasteiger partial charge < -0.3 is 28.7 Å². The lowest BCUT2D eigenvalue weighted by Crippen LogP contribution is -2.52. The quantitative estimate of drug-likeness (QED) is 0.0760. The Morgan fingerprint density at radius 3 is 2.19 bits per heavy atom. The lowest BCUT2D eigenvalue weighted by Gasteiger charge is -2.42. The number of hydrogen-bond acceptors (Lipinski definition) is 9. The van der Waals surface area contributed by atoms with E-state index in [-0.39, 0.29) is 34.9 Å². The number of anilines is 1. The molecule has 11 nitrogen and oxygen atoms in total. The Morgan fingerprint density at radius 2 is 1.56 bits per heavy atom. The zero-order chi connectivity index (χ0) is 36.3. The summed E-state index contributed by atoms with van der Waals surface area (Å²) >= 11 is 0. The van der Waals surface area contributed by atoms with Gasteiger partial charge in [-0.1, -0.05) is 53.9 Å². The van der Waals surface area contributed by atoms with Gasteiger partial charge in [-0.2, -0.15) is 5.48 Å². The van der Waals surface area contributed by atoms with Gasteiger partial charge in [0.2, 0.25) is 12.2 Å². The van der Waals surface area contributed by atoms with Crippen LogP contribution in [-0.2, 0) is 39.7 Å². The van der Waals surface area contributed by atoms with Gasteiger partial charge in [0.25, 0.3) is 0 Å². The van der Waals surface area contributed by atoms with Crippen LogP contribution >= 0.6 is 0 Å². The Kier molecular flexibility index (Phi) is 15.9. The summed E-state index contributed by atoms with van der Waals surface area (Å²) in [5.74, 6) is 0.324. The smallest absolute Gasteiger partial charge is 0.431 e. The molecule has 2 amide bonds. The number of unbranched alkanes of at least 4 members (excludes halogenated alkanes) is 4. The summed E-state index contributed by atoms with van der Waals surface area (Å²) in [4.78, 5) is 41.6. The van der Waals surface area contributed by atoms with Crippen molar-refractivity contribution in [1.29, 1.82) is 0 Å². The maximum atomic E-state index is 12.9. The number of esters is 1. The van der Waals surface area contributed by atoms with E-state index in [1.807, 2.05) is 25.1 Å². The molecule has 1 aliphatic rings. The number of ether oxygens (including phenoxy) is 4. The fraction of sp³-hybridized carbons (Fsp3) is 0.750. The van der Waals surface area contributed by atoms with Crippen molar-refractivity contribution in [3.8, 4) is 5.75 Å². The first-order valence-corrected chi connectivity index (χ1v) is 20.3. The number of hydroxylamine groups is 1. The fourth-order valence-electron chi connectivity index (χ4n) is 4.94. The van der Waals surface area contributed by atoms with Crippen LogP contribution in [0.4, 0.5) is 10.5 Å². The van der Waals surface area contributed by atoms with Crippen molar-refractivity contribution >= 4 is 32.0 Å². The Bertz CT molecular complexity index is 1190. The van der Waals surface area contributed by atoms with Crippen molar-refractivity contribution in [3.05, 3.63) is 23.8 Å². The minimum Gasteiger partial charge on any atom is -0.460 e. The molecule has 1 saturated heterocycles. The predicted octanol–water partition coefficient (Wildman–Crippen LogP) is 8.27. The molecule has 0 aromatic heterocycles. The van der Waals surface area contributed by atoms with Gasteiger partial charge >= 0.3 is 12.1 Å². The summed E-state index contributed by atoms with van der Waals surface area (Å²) in [5.41, 5.74) is 3.16. The maximum Gasteiger partial charge on any atom is 0.431 e. The van der Waals surface area contributed by atoms with E-state index in [0.717, 1.165) is 37.7 Å². The maximum absolute atomic E-state index is 12.9. The van der Waals surface area contributed by atoms with Crippen LogP contribution in [0.15, 0.2) is 18.2 Å². The second kappa shape index (κ2) is 18.4. The molecule has 0 bridgehead atoms. The lowest BCUT2D eigenvalue weighted by molar-refractivity contribution is -0.243. The van der Waals surface area contributed by atoms with E-state index in [0.29, 0.717) is 31.1 Å². The first kappa shape index (κ1) is 41.5. The number of rotatable bonds is 16. The standard InChI is InChI=1S/C36H62N2O9Si/c1-24-25(2)32(45-27(4)39)33(44-26(24)3)46-30-20-19-29(22-28(30)23-43-48(11,12)36(8,9)10)37-31(40)18-16-14-13-15-17-21-42-38-34(41)47-35(5,6)7/h19-20,22,24-26,32-33H,13-18,21,23H2,1-12H3,(H,37,40)(H,38,41). The summed E-state index contributed by atoms with van der Waals surface area (Å²) in [7, 11) is -2.10. The van der Waals surface area contributed by atoms with Crippen LogP contribution in [-0.4, -0.2) is 57.0 Å². The largest absolute Gasteiger partial charge is 0.460 e. The zero-order valence-electron chi connectivity index (χ0n) is 31.4. The van der Waals surface area contributed by atoms with Crippen LogP contribution in [0.25, 0.3) is 0 Å². The molecule has 2 N–H and O–H groups in total. The van der Waals surface area contributed by atoms with Gasteiger partial charge in [-0.25, -0.2) is 4.79 Å². The summed E-state index contributed by atoms with van der Waals surface area (Å²) < 4.78 is 30.0. The van der Waals surface area contributed by atoms with Crippen molar-refractivity contribution < 1.29 is 42.6 Å². The molecule has 48 heavy (non-hydrogen) atoms. The summed E-state index contributed by atoms with van der Waals surface area (Å²) in [5, 5.41) is 3.04. The first-order valence-electron chi connectivity index (χ1n) is 17.4. The summed E-state index contributed by atoms with van der Waals surface area (Å²) in [6.07, 6.45) is 2.71. The van der Waals surface area contributed by atoms with Crippen molar-refractivity contribution in [1.82, 2.24) is 5.48 Å². The minimum atomic E-state index is -2.10. The predicted molar refractivity (Wildman–Crippen MR) is 189 cm³/mol. The van der Waals surface area contributed by atoms with Gasteiger partial charge in [-0.05, 0) is 82.8 Å². The minimum absolute atomic E-state index is 0.0117. The molecule has 1 aliphatic heterocycles. The number of amides is 2. The molecular weight excluding hydrogens is 632 g/mol. The lowest BCUT2D eigenvalue weighted by atomic mass is 9.84. The van der Waals surface area contributed by atoms with Crippen LogP contribution < -0.4 is 15.5 Å². The van der Waals surface area contributed by atoms with Crippen LogP contribution in [0.2, 0.25) is 18.1 Å². The highest BCUT2D eigenvalue weighted by atomic mass is 28.4. The third-order valence-corrected chi connectivity index (χ3v) is 13.7. The van der Waals surface area contributed by atoms with Gasteiger partial charge in [0.05, 0.1) is 19.3 Å². The molecule has 0 saturated carbocycles. The molecule has 5 atom stereocenters. The van der Waals surface area contributed by atoms with E-state index in [1.165, 1.54) is 6.92 Å². The number of carbonyl (C=O) groups is 3. The molecule has 1 aromatic carbocycles. The SMILES string of the molecule is CC(=O)OC1C(Oc2ccc(NC(=O)CCCCCCCONC(=O)OC(C)(C)C)cc2CO[Si](C)(C)C(C)(C)C)OC(C)C(C)C1C. The zero-order valence-corrected chi connectivity index (χ0v) is 32.4. The van der Waals surface area contributed by atoms with E-state index in [9.17, 15) is 14.4 Å². The molecule has 1 heterocycles. The Morgan fingerprint density at radius 1 is 0.917 bits per heavy atom. The Balaban J connectivity index is 1.99. The molecule has 5 unspecified atom stereocenters. The van der Waals surface area contributed by atoms with E-state index < -0.39 is 32.4 Å². The monoisotopic (exact) mass is 694 g/mol. The van der Waals surface area contributed by atoms with Crippen molar-refractivity contribution in [2.45, 2.75) is 157 Å². The molecule has 1 fully saturated rings. The van der Waals surface area contributed by atoms with Gasteiger partial charge in [0, 0.05) is 30.5 Å². The molecule has 274 valence electrons. The summed E-state index contributed by atoms with van der Waals surface area (Å²) in [6, 6.07) is 5.53. The molecule has 0 aliphatic carbocycles. The van der Waals surface area contributed by atoms with Crippen molar-refractivity contribution in [3.63, 3.8) is 0 Å². The summed E-state index contributed by atoms with van der Waals surface area (Å²) in [6.45, 7) is 24.6. The van der Waals surface area contributed by atoms with Gasteiger partial charge in [0.15, 0.2) is 14.4 Å². The molecule has 12 heteroatoms.